The van der Waals surface area contributed by atoms with Crippen LogP contribution in [0.3, 0.4) is 0 Å². The molecule has 1 N–H and O–H groups in total. The van der Waals surface area contributed by atoms with Crippen LogP contribution in [-0.4, -0.2) is 30.4 Å². The number of anilines is 1. The summed E-state index contributed by atoms with van der Waals surface area (Å²) < 4.78 is 1.07. The van der Waals surface area contributed by atoms with Gasteiger partial charge in [0, 0.05) is 23.2 Å². The number of aryl methyl sites for hydroxylation is 1. The Morgan fingerprint density at radius 3 is 2.72 bits per heavy atom. The molecule has 0 spiro atoms. The molecule has 1 fully saturated rings. The molecule has 1 aromatic carbocycles. The maximum absolute atomic E-state index is 12.0. The molecule has 1 saturated heterocycles. The van der Waals surface area contributed by atoms with Gasteiger partial charge >= 0.3 is 0 Å². The summed E-state index contributed by atoms with van der Waals surface area (Å²) in [5, 5.41) is 3.19. The molecule has 0 bridgehead atoms. The zero-order chi connectivity index (χ0) is 13.0. The van der Waals surface area contributed by atoms with Gasteiger partial charge in [-0.05, 0) is 43.9 Å². The summed E-state index contributed by atoms with van der Waals surface area (Å²) in [7, 11) is 0. The summed E-state index contributed by atoms with van der Waals surface area (Å²) in [5.74, 6) is 0.200. The molecule has 1 aliphatic rings. The molecule has 1 aliphatic heterocycles. The van der Waals surface area contributed by atoms with Crippen molar-refractivity contribution in [2.24, 2.45) is 0 Å². The van der Waals surface area contributed by atoms with Crippen LogP contribution in [0.4, 0.5) is 5.69 Å². The number of nitrogens with one attached hydrogen (secondary N) is 1. The smallest absolute Gasteiger partial charge is 0.241 e. The number of nitrogens with zero attached hydrogens (tertiary/aromatic N) is 1. The van der Waals surface area contributed by atoms with E-state index in [1.54, 1.807) is 0 Å². The first-order valence-corrected chi connectivity index (χ1v) is 7.24. The lowest BCUT2D eigenvalue weighted by Crippen LogP contribution is -2.39. The number of halogens is 1. The first kappa shape index (κ1) is 13.4. The second-order valence-corrected chi connectivity index (χ2v) is 5.61. The number of amides is 1. The highest BCUT2D eigenvalue weighted by Crippen LogP contribution is 2.20. The van der Waals surface area contributed by atoms with Gasteiger partial charge in [-0.25, -0.2) is 0 Å². The highest BCUT2D eigenvalue weighted by Gasteiger charge is 2.15. The number of carbonyl (C=O) groups is 1. The summed E-state index contributed by atoms with van der Waals surface area (Å²) >= 11 is 3.49. The number of carbonyl (C=O) groups excluding carboxylic acids is 1. The van der Waals surface area contributed by atoms with E-state index in [2.05, 4.69) is 21.2 Å². The largest absolute Gasteiger partial charge is 0.376 e. The van der Waals surface area contributed by atoms with Crippen molar-refractivity contribution < 1.29 is 4.79 Å². The van der Waals surface area contributed by atoms with Crippen molar-refractivity contribution in [1.29, 1.82) is 0 Å². The van der Waals surface area contributed by atoms with E-state index in [0.29, 0.717) is 6.54 Å². The number of hydrogen-bond acceptors (Lipinski definition) is 2. The molecule has 4 heteroatoms. The fourth-order valence-corrected chi connectivity index (χ4v) is 2.51. The normalized spacial score (nSPS) is 15.6. The first-order chi connectivity index (χ1) is 8.66. The van der Waals surface area contributed by atoms with Gasteiger partial charge in [0.05, 0.1) is 6.54 Å². The number of piperidine rings is 1. The minimum Gasteiger partial charge on any atom is -0.376 e. The van der Waals surface area contributed by atoms with Gasteiger partial charge in [0.1, 0.15) is 0 Å². The Labute approximate surface area is 117 Å². The van der Waals surface area contributed by atoms with Gasteiger partial charge in [-0.1, -0.05) is 22.0 Å². The van der Waals surface area contributed by atoms with E-state index in [9.17, 15) is 4.79 Å². The van der Waals surface area contributed by atoms with E-state index in [1.807, 2.05) is 30.0 Å². The minimum atomic E-state index is 0.200. The Hall–Kier alpha value is -1.03. The van der Waals surface area contributed by atoms with Gasteiger partial charge in [0.2, 0.25) is 5.91 Å². The van der Waals surface area contributed by atoms with Gasteiger partial charge in [0.15, 0.2) is 0 Å². The van der Waals surface area contributed by atoms with Crippen LogP contribution in [0.25, 0.3) is 0 Å². The van der Waals surface area contributed by atoms with E-state index < -0.39 is 0 Å². The molecule has 0 atom stereocenters. The zero-order valence-corrected chi connectivity index (χ0v) is 12.3. The SMILES string of the molecule is Cc1ccc(NCC(=O)N2CCCCC2)cc1Br. The molecule has 1 amide bonds. The van der Waals surface area contributed by atoms with Crippen LogP contribution in [0, 0.1) is 6.92 Å². The molecule has 0 saturated carbocycles. The van der Waals surface area contributed by atoms with E-state index in [-0.39, 0.29) is 5.91 Å². The van der Waals surface area contributed by atoms with Crippen molar-refractivity contribution >= 4 is 27.5 Å². The van der Waals surface area contributed by atoms with Crippen molar-refractivity contribution in [2.75, 3.05) is 25.0 Å². The fourth-order valence-electron chi connectivity index (χ4n) is 2.14. The minimum absolute atomic E-state index is 0.200. The lowest BCUT2D eigenvalue weighted by Gasteiger charge is -2.26. The van der Waals surface area contributed by atoms with Crippen LogP contribution in [0.15, 0.2) is 22.7 Å². The number of hydrogen-bond donors (Lipinski definition) is 1. The topological polar surface area (TPSA) is 32.3 Å². The lowest BCUT2D eigenvalue weighted by molar-refractivity contribution is -0.130. The van der Waals surface area contributed by atoms with Crippen molar-refractivity contribution in [3.63, 3.8) is 0 Å². The Balaban J connectivity index is 1.86. The molecular weight excluding hydrogens is 292 g/mol. The highest BCUT2D eigenvalue weighted by atomic mass is 79.9. The molecule has 2 rings (SSSR count). The predicted molar refractivity (Wildman–Crippen MR) is 77.8 cm³/mol. The molecule has 1 aromatic rings. The van der Waals surface area contributed by atoms with Gasteiger partial charge in [-0.3, -0.25) is 4.79 Å². The maximum atomic E-state index is 12.0. The van der Waals surface area contributed by atoms with Gasteiger partial charge in [-0.15, -0.1) is 0 Å². The Bertz CT molecular complexity index is 428. The summed E-state index contributed by atoms with van der Waals surface area (Å²) in [5.41, 5.74) is 2.18. The molecule has 98 valence electrons. The van der Waals surface area contributed by atoms with Crippen LogP contribution in [-0.2, 0) is 4.79 Å². The van der Waals surface area contributed by atoms with Crippen LogP contribution >= 0.6 is 15.9 Å². The number of likely N-dealkylation sites (tertiary alicyclic amines) is 1. The first-order valence-electron chi connectivity index (χ1n) is 6.44. The lowest BCUT2D eigenvalue weighted by atomic mass is 10.1. The molecule has 1 heterocycles. The zero-order valence-electron chi connectivity index (χ0n) is 10.7. The van der Waals surface area contributed by atoms with Crippen LogP contribution in [0.2, 0.25) is 0 Å². The summed E-state index contributed by atoms with van der Waals surface area (Å²) in [6.45, 7) is 4.26. The van der Waals surface area contributed by atoms with E-state index in [4.69, 9.17) is 0 Å². The molecule has 18 heavy (non-hydrogen) atoms. The second-order valence-electron chi connectivity index (χ2n) is 4.76. The third-order valence-electron chi connectivity index (χ3n) is 3.32. The van der Waals surface area contributed by atoms with Gasteiger partial charge in [-0.2, -0.15) is 0 Å². The average molecular weight is 311 g/mol. The molecule has 0 radical (unpaired) electrons. The molecule has 0 unspecified atom stereocenters. The average Bonchev–Trinajstić information content (AvgIpc) is 2.41. The van der Waals surface area contributed by atoms with Gasteiger partial charge < -0.3 is 10.2 Å². The third-order valence-corrected chi connectivity index (χ3v) is 4.18. The van der Waals surface area contributed by atoms with E-state index in [1.165, 1.54) is 12.0 Å². The quantitative estimate of drug-likeness (QED) is 0.930. The maximum Gasteiger partial charge on any atom is 0.241 e. The fraction of sp³-hybridized carbons (Fsp3) is 0.500. The van der Waals surface area contributed by atoms with Crippen molar-refractivity contribution in [3.05, 3.63) is 28.2 Å². The Morgan fingerprint density at radius 1 is 1.33 bits per heavy atom. The molecule has 0 aromatic heterocycles. The summed E-state index contributed by atoms with van der Waals surface area (Å²) in [4.78, 5) is 13.9. The Morgan fingerprint density at radius 2 is 2.06 bits per heavy atom. The van der Waals surface area contributed by atoms with Gasteiger partial charge in [0.25, 0.3) is 0 Å². The van der Waals surface area contributed by atoms with E-state index in [0.717, 1.165) is 36.1 Å². The third kappa shape index (κ3) is 3.48. The van der Waals surface area contributed by atoms with Crippen molar-refractivity contribution in [1.82, 2.24) is 4.90 Å². The number of benzene rings is 1. The van der Waals surface area contributed by atoms with E-state index >= 15 is 0 Å². The van der Waals surface area contributed by atoms with Crippen molar-refractivity contribution in [3.8, 4) is 0 Å². The summed E-state index contributed by atoms with van der Waals surface area (Å²) in [6, 6.07) is 6.06. The van der Waals surface area contributed by atoms with Crippen LogP contribution < -0.4 is 5.32 Å². The standard InChI is InChI=1S/C14H19BrN2O/c1-11-5-6-12(9-13(11)15)16-10-14(18)17-7-3-2-4-8-17/h5-6,9,16H,2-4,7-8,10H2,1H3. The van der Waals surface area contributed by atoms with Crippen molar-refractivity contribution in [2.45, 2.75) is 26.2 Å². The van der Waals surface area contributed by atoms with Crippen LogP contribution in [0.1, 0.15) is 24.8 Å². The molecule has 0 aliphatic carbocycles. The summed E-state index contributed by atoms with van der Waals surface area (Å²) in [6.07, 6.45) is 3.53. The number of rotatable bonds is 3. The Kier molecular flexibility index (Phi) is 4.64. The predicted octanol–water partition coefficient (Wildman–Crippen LogP) is 3.18. The molecule has 3 nitrogen and oxygen atoms in total. The monoisotopic (exact) mass is 310 g/mol. The second kappa shape index (κ2) is 6.23. The van der Waals surface area contributed by atoms with Crippen LogP contribution in [0.5, 0.6) is 0 Å². The highest BCUT2D eigenvalue weighted by molar-refractivity contribution is 9.10. The molecular formula is C14H19BrN2O.